The van der Waals surface area contributed by atoms with Crippen molar-refractivity contribution in [2.45, 2.75) is 57.4 Å². The molecule has 0 bridgehead atoms. The topological polar surface area (TPSA) is 68.0 Å². The van der Waals surface area contributed by atoms with Gasteiger partial charge in [0.25, 0.3) is 11.6 Å². The van der Waals surface area contributed by atoms with Crippen molar-refractivity contribution < 1.29 is 9.32 Å². The number of aromatic nitrogens is 2. The fraction of sp³-hybridized carbons (Fsp3) is 0.611. The van der Waals surface area contributed by atoms with Gasteiger partial charge in [-0.1, -0.05) is 5.16 Å². The number of carbonyl (C=O) groups excluding carboxylic acids is 1. The van der Waals surface area contributed by atoms with Crippen molar-refractivity contribution in [1.29, 1.82) is 0 Å². The van der Waals surface area contributed by atoms with Crippen molar-refractivity contribution >= 4 is 17.0 Å². The van der Waals surface area contributed by atoms with Gasteiger partial charge < -0.3 is 9.84 Å². The monoisotopic (exact) mass is 311 g/mol. The number of fused-ring (bicyclic) bond motifs is 1. The maximum Gasteiger partial charge on any atom is 0.259 e. The van der Waals surface area contributed by atoms with Crippen LogP contribution in [0.3, 0.4) is 0 Å². The molecule has 3 saturated carbocycles. The fourth-order valence-corrected chi connectivity index (χ4v) is 3.64. The van der Waals surface area contributed by atoms with E-state index in [2.05, 4.69) is 15.5 Å². The molecule has 0 saturated heterocycles. The number of amides is 1. The second kappa shape index (κ2) is 4.79. The summed E-state index contributed by atoms with van der Waals surface area (Å²) in [6, 6.07) is 2.33. The Hall–Kier alpha value is -1.91. The number of aryl methyl sites for hydroxylation is 1. The minimum atomic E-state index is 0.0226. The Morgan fingerprint density at radius 1 is 1.22 bits per heavy atom. The maximum atomic E-state index is 13.0. The van der Waals surface area contributed by atoms with Gasteiger partial charge in [-0.2, -0.15) is 0 Å². The smallest absolute Gasteiger partial charge is 0.259 e. The number of nitrogens with one attached hydrogen (secondary N) is 1. The molecule has 23 heavy (non-hydrogen) atoms. The number of carbonyl (C=O) groups is 1. The van der Waals surface area contributed by atoms with Gasteiger partial charge in [-0.25, -0.2) is 4.98 Å². The lowest BCUT2D eigenvalue weighted by atomic mass is 10.0. The van der Waals surface area contributed by atoms with E-state index in [-0.39, 0.29) is 5.91 Å². The van der Waals surface area contributed by atoms with E-state index < -0.39 is 0 Å². The Morgan fingerprint density at radius 2 is 1.91 bits per heavy atom. The molecule has 5 heteroatoms. The van der Waals surface area contributed by atoms with E-state index in [1.807, 2.05) is 13.0 Å². The third-order valence-electron chi connectivity index (χ3n) is 5.43. The minimum absolute atomic E-state index is 0.0226. The Labute approximate surface area is 134 Å². The van der Waals surface area contributed by atoms with E-state index in [0.29, 0.717) is 35.1 Å². The van der Waals surface area contributed by atoms with Crippen LogP contribution in [0.2, 0.25) is 0 Å². The highest BCUT2D eigenvalue weighted by molar-refractivity contribution is 6.06. The predicted molar refractivity (Wildman–Crippen MR) is 85.2 cm³/mol. The van der Waals surface area contributed by atoms with Crippen molar-refractivity contribution in [3.8, 4) is 0 Å². The summed E-state index contributed by atoms with van der Waals surface area (Å²) in [5.74, 6) is 1.89. The summed E-state index contributed by atoms with van der Waals surface area (Å²) in [7, 11) is 0. The molecule has 3 aliphatic rings. The van der Waals surface area contributed by atoms with Crippen LogP contribution in [0.15, 0.2) is 10.6 Å². The molecule has 120 valence electrons. The second-order valence-electron chi connectivity index (χ2n) is 7.49. The zero-order valence-electron chi connectivity index (χ0n) is 13.3. The molecular formula is C18H21N3O2. The quantitative estimate of drug-likeness (QED) is 0.919. The Bertz CT molecular complexity index is 773. The van der Waals surface area contributed by atoms with Crippen LogP contribution in [0.25, 0.3) is 11.1 Å². The lowest BCUT2D eigenvalue weighted by molar-refractivity contribution is 0.0927. The third-order valence-corrected chi connectivity index (χ3v) is 5.43. The van der Waals surface area contributed by atoms with E-state index in [1.165, 1.54) is 25.7 Å². The summed E-state index contributed by atoms with van der Waals surface area (Å²) in [5.41, 5.74) is 2.93. The molecule has 1 amide bonds. The summed E-state index contributed by atoms with van der Waals surface area (Å²) in [4.78, 5) is 17.5. The lowest BCUT2D eigenvalue weighted by Gasteiger charge is -2.18. The molecule has 0 atom stereocenters. The highest BCUT2D eigenvalue weighted by atomic mass is 16.5. The van der Waals surface area contributed by atoms with Crippen LogP contribution in [0, 0.1) is 18.8 Å². The Morgan fingerprint density at radius 3 is 2.52 bits per heavy atom. The fourth-order valence-electron chi connectivity index (χ4n) is 3.64. The highest BCUT2D eigenvalue weighted by Crippen LogP contribution is 2.45. The largest absolute Gasteiger partial charge is 0.349 e. The SMILES string of the molecule is Cc1noc2nc(C3CC3)cc(C(=O)NC(C3CC3)C3CC3)c12. The molecule has 0 spiro atoms. The zero-order valence-corrected chi connectivity index (χ0v) is 13.3. The molecular weight excluding hydrogens is 290 g/mol. The number of rotatable bonds is 5. The average molecular weight is 311 g/mol. The van der Waals surface area contributed by atoms with Crippen LogP contribution < -0.4 is 5.32 Å². The van der Waals surface area contributed by atoms with Crippen LogP contribution in [-0.2, 0) is 0 Å². The standard InChI is InChI=1S/C18H21N3O2/c1-9-15-13(8-14(10-2-3-10)19-18(15)23-21-9)17(22)20-16(11-4-5-11)12-6-7-12/h8,10-12,16H,2-7H2,1H3,(H,20,22). The van der Waals surface area contributed by atoms with Gasteiger partial charge in [0, 0.05) is 17.7 Å². The summed E-state index contributed by atoms with van der Waals surface area (Å²) in [6.45, 7) is 1.88. The lowest BCUT2D eigenvalue weighted by Crippen LogP contribution is -2.38. The minimum Gasteiger partial charge on any atom is -0.349 e. The molecule has 2 aromatic rings. The van der Waals surface area contributed by atoms with Gasteiger partial charge in [0.1, 0.15) is 0 Å². The molecule has 0 unspecified atom stereocenters. The van der Waals surface area contributed by atoms with E-state index in [1.54, 1.807) is 0 Å². The van der Waals surface area contributed by atoms with Gasteiger partial charge in [-0.3, -0.25) is 4.79 Å². The summed E-state index contributed by atoms with van der Waals surface area (Å²) < 4.78 is 5.34. The van der Waals surface area contributed by atoms with Crippen LogP contribution in [0.1, 0.15) is 66.2 Å². The van der Waals surface area contributed by atoms with Crippen LogP contribution in [0.4, 0.5) is 0 Å². The molecule has 0 aliphatic heterocycles. The van der Waals surface area contributed by atoms with Crippen molar-refractivity contribution in [3.05, 3.63) is 23.0 Å². The summed E-state index contributed by atoms with van der Waals surface area (Å²) in [6.07, 6.45) is 7.33. The van der Waals surface area contributed by atoms with Crippen molar-refractivity contribution in [2.24, 2.45) is 11.8 Å². The van der Waals surface area contributed by atoms with Crippen molar-refractivity contribution in [1.82, 2.24) is 15.5 Å². The van der Waals surface area contributed by atoms with E-state index in [0.717, 1.165) is 29.6 Å². The maximum absolute atomic E-state index is 13.0. The second-order valence-corrected chi connectivity index (χ2v) is 7.49. The molecule has 2 heterocycles. The molecule has 2 aromatic heterocycles. The van der Waals surface area contributed by atoms with Gasteiger partial charge in [0.15, 0.2) is 0 Å². The first-order chi connectivity index (χ1) is 11.2. The zero-order chi connectivity index (χ0) is 15.6. The van der Waals surface area contributed by atoms with E-state index in [4.69, 9.17) is 4.52 Å². The molecule has 5 nitrogen and oxygen atoms in total. The van der Waals surface area contributed by atoms with Crippen LogP contribution >= 0.6 is 0 Å². The molecule has 3 aliphatic carbocycles. The van der Waals surface area contributed by atoms with Crippen molar-refractivity contribution in [2.75, 3.05) is 0 Å². The Balaban J connectivity index is 1.52. The van der Waals surface area contributed by atoms with Gasteiger partial charge in [0.2, 0.25) is 0 Å². The summed E-state index contributed by atoms with van der Waals surface area (Å²) in [5, 5.41) is 8.11. The first-order valence-corrected chi connectivity index (χ1v) is 8.78. The molecule has 0 radical (unpaired) electrons. The number of hydrogen-bond donors (Lipinski definition) is 1. The molecule has 5 rings (SSSR count). The normalized spacial score (nSPS) is 21.1. The van der Waals surface area contributed by atoms with Crippen LogP contribution in [-0.4, -0.2) is 22.1 Å². The van der Waals surface area contributed by atoms with Gasteiger partial charge in [-0.05, 0) is 63.4 Å². The first kappa shape index (κ1) is 13.5. The molecule has 1 N–H and O–H groups in total. The third kappa shape index (κ3) is 2.42. The number of pyridine rings is 1. The molecule has 3 fully saturated rings. The van der Waals surface area contributed by atoms with Crippen molar-refractivity contribution in [3.63, 3.8) is 0 Å². The van der Waals surface area contributed by atoms with Gasteiger partial charge in [-0.15, -0.1) is 0 Å². The molecule has 0 aromatic carbocycles. The highest BCUT2D eigenvalue weighted by Gasteiger charge is 2.42. The van der Waals surface area contributed by atoms with Gasteiger partial charge >= 0.3 is 0 Å². The number of hydrogen-bond acceptors (Lipinski definition) is 4. The van der Waals surface area contributed by atoms with E-state index >= 15 is 0 Å². The van der Waals surface area contributed by atoms with Crippen LogP contribution in [0.5, 0.6) is 0 Å². The number of nitrogens with zero attached hydrogens (tertiary/aromatic N) is 2. The van der Waals surface area contributed by atoms with E-state index in [9.17, 15) is 4.79 Å². The first-order valence-electron chi connectivity index (χ1n) is 8.78. The summed E-state index contributed by atoms with van der Waals surface area (Å²) >= 11 is 0. The predicted octanol–water partition coefficient (Wildman–Crippen LogP) is 3.33. The van der Waals surface area contributed by atoms with Gasteiger partial charge in [0.05, 0.1) is 16.6 Å². The average Bonchev–Trinajstić information content (AvgIpc) is 3.41. The Kier molecular flexibility index (Phi) is 2.82.